The maximum atomic E-state index is 11.1. The Morgan fingerprint density at radius 1 is 1.36 bits per heavy atom. The molecule has 0 aliphatic heterocycles. The van der Waals surface area contributed by atoms with E-state index in [9.17, 15) is 4.57 Å². The van der Waals surface area contributed by atoms with Crippen molar-refractivity contribution in [3.63, 3.8) is 0 Å². The molecule has 0 heterocycles. The van der Waals surface area contributed by atoms with Crippen molar-refractivity contribution in [3.8, 4) is 0 Å². The van der Waals surface area contributed by atoms with E-state index in [0.717, 1.165) is 0 Å². The molecule has 0 spiro atoms. The molecule has 2 nitrogen and oxygen atoms in total. The van der Waals surface area contributed by atoms with Crippen LogP contribution in [-0.2, 0) is 9.09 Å². The van der Waals surface area contributed by atoms with Crippen LogP contribution in [0.2, 0.25) is 0 Å². The normalized spacial score (nSPS) is 12.8. The van der Waals surface area contributed by atoms with Crippen LogP contribution in [0.4, 0.5) is 0 Å². The Morgan fingerprint density at radius 3 is 2.55 bits per heavy atom. The Labute approximate surface area is 71.0 Å². The van der Waals surface area contributed by atoms with E-state index in [2.05, 4.69) is 0 Å². The van der Waals surface area contributed by atoms with Crippen LogP contribution in [0.1, 0.15) is 0 Å². The molecule has 0 saturated carbocycles. The zero-order chi connectivity index (χ0) is 8.10. The number of alkyl halides is 1. The predicted molar refractivity (Wildman–Crippen MR) is 46.9 cm³/mol. The molecule has 1 aromatic rings. The molecule has 0 bridgehead atoms. The highest BCUT2D eigenvalue weighted by Crippen LogP contribution is 2.20. The van der Waals surface area contributed by atoms with E-state index >= 15 is 0 Å². The largest absolute Gasteiger partial charge is 0.311 e. The Hall–Kier alpha value is -0.300. The van der Waals surface area contributed by atoms with Gasteiger partial charge >= 0.3 is 0 Å². The van der Waals surface area contributed by atoms with Gasteiger partial charge in [0.25, 0.3) is 0 Å². The average Bonchev–Trinajstić information content (AvgIpc) is 2.07. The summed E-state index contributed by atoms with van der Waals surface area (Å²) < 4.78 is 15.9. The maximum Gasteiger partial charge on any atom is 0.221 e. The van der Waals surface area contributed by atoms with Gasteiger partial charge in [-0.1, -0.05) is 29.8 Å². The summed E-state index contributed by atoms with van der Waals surface area (Å²) in [6.07, 6.45) is 0. The van der Waals surface area contributed by atoms with Gasteiger partial charge in [-0.25, -0.2) is 0 Å². The summed E-state index contributed by atoms with van der Waals surface area (Å²) in [6.45, 7) is 0. The minimum atomic E-state index is -2.10. The van der Waals surface area contributed by atoms with Gasteiger partial charge in [-0.05, 0) is 12.1 Å². The zero-order valence-electron chi connectivity index (χ0n) is 5.79. The molecule has 0 aliphatic carbocycles. The predicted octanol–water partition coefficient (Wildman–Crippen LogP) is 2.00. The van der Waals surface area contributed by atoms with Crippen LogP contribution in [0.15, 0.2) is 30.3 Å². The summed E-state index contributed by atoms with van der Waals surface area (Å²) >= 11 is 5.25. The standard InChI is InChI=1S/C7H8ClO2P/c8-6-10-11(9)7-4-2-1-3-5-7/h1-5,11H,6H2. The van der Waals surface area contributed by atoms with Crippen LogP contribution >= 0.6 is 19.6 Å². The Morgan fingerprint density at radius 2 is 2.00 bits per heavy atom. The number of benzene rings is 1. The molecule has 60 valence electrons. The Balaban J connectivity index is 2.69. The second-order valence-corrected chi connectivity index (χ2v) is 3.57. The van der Waals surface area contributed by atoms with Gasteiger partial charge in [0.1, 0.15) is 6.07 Å². The van der Waals surface area contributed by atoms with Gasteiger partial charge in [-0.15, -0.1) is 0 Å². The summed E-state index contributed by atoms with van der Waals surface area (Å²) in [4.78, 5) is 0. The third kappa shape index (κ3) is 2.66. The molecule has 4 heteroatoms. The summed E-state index contributed by atoms with van der Waals surface area (Å²) in [5, 5.41) is 0.707. The molecule has 11 heavy (non-hydrogen) atoms. The minimum Gasteiger partial charge on any atom is -0.311 e. The lowest BCUT2D eigenvalue weighted by atomic mass is 10.4. The number of rotatable bonds is 3. The van der Waals surface area contributed by atoms with Gasteiger partial charge in [0.05, 0.1) is 0 Å². The maximum absolute atomic E-state index is 11.1. The van der Waals surface area contributed by atoms with Crippen molar-refractivity contribution in [3.05, 3.63) is 30.3 Å². The second-order valence-electron chi connectivity index (χ2n) is 1.91. The molecule has 0 radical (unpaired) electrons. The van der Waals surface area contributed by atoms with Crippen molar-refractivity contribution < 1.29 is 9.09 Å². The van der Waals surface area contributed by atoms with Crippen LogP contribution < -0.4 is 5.30 Å². The van der Waals surface area contributed by atoms with E-state index in [0.29, 0.717) is 5.30 Å². The molecule has 0 amide bonds. The quantitative estimate of drug-likeness (QED) is 0.538. The molecule has 0 fully saturated rings. The van der Waals surface area contributed by atoms with E-state index in [1.54, 1.807) is 12.1 Å². The lowest BCUT2D eigenvalue weighted by molar-refractivity contribution is 0.401. The van der Waals surface area contributed by atoms with Crippen molar-refractivity contribution in [1.82, 2.24) is 0 Å². The van der Waals surface area contributed by atoms with E-state index in [1.165, 1.54) is 0 Å². The molecule has 0 aromatic heterocycles. The van der Waals surface area contributed by atoms with E-state index in [-0.39, 0.29) is 6.07 Å². The highest BCUT2D eigenvalue weighted by atomic mass is 35.5. The fraction of sp³-hybridized carbons (Fsp3) is 0.143. The van der Waals surface area contributed by atoms with E-state index in [4.69, 9.17) is 16.1 Å². The number of halogens is 1. The van der Waals surface area contributed by atoms with Crippen LogP contribution in [0.25, 0.3) is 0 Å². The second kappa shape index (κ2) is 4.55. The van der Waals surface area contributed by atoms with Crippen molar-refractivity contribution in [2.24, 2.45) is 0 Å². The van der Waals surface area contributed by atoms with Gasteiger partial charge in [0, 0.05) is 5.30 Å². The van der Waals surface area contributed by atoms with Gasteiger partial charge in [-0.2, -0.15) is 0 Å². The SMILES string of the molecule is O=[PH](OCCl)c1ccccc1. The minimum absolute atomic E-state index is 0.0211. The first-order chi connectivity index (χ1) is 5.34. The molecule has 1 aromatic carbocycles. The lowest BCUT2D eigenvalue weighted by Crippen LogP contribution is -1.95. The first-order valence-electron chi connectivity index (χ1n) is 3.12. The van der Waals surface area contributed by atoms with Crippen LogP contribution in [-0.4, -0.2) is 6.07 Å². The Bertz CT molecular complexity index is 237. The summed E-state index contributed by atoms with van der Waals surface area (Å²) in [5.41, 5.74) is 0. The zero-order valence-corrected chi connectivity index (χ0v) is 7.54. The number of hydrogen-bond acceptors (Lipinski definition) is 2. The molecular weight excluding hydrogens is 183 g/mol. The van der Waals surface area contributed by atoms with E-state index < -0.39 is 8.03 Å². The van der Waals surface area contributed by atoms with Crippen LogP contribution in [0.3, 0.4) is 0 Å². The average molecular weight is 191 g/mol. The fourth-order valence-corrected chi connectivity index (χ4v) is 1.73. The van der Waals surface area contributed by atoms with Crippen molar-refractivity contribution in [2.45, 2.75) is 0 Å². The fourth-order valence-electron chi connectivity index (χ4n) is 0.707. The van der Waals surface area contributed by atoms with Crippen molar-refractivity contribution >= 4 is 24.9 Å². The highest BCUT2D eigenvalue weighted by Gasteiger charge is 1.99. The molecular formula is C7H8ClO2P. The molecule has 1 rings (SSSR count). The molecule has 0 N–H and O–H groups in total. The van der Waals surface area contributed by atoms with Gasteiger partial charge < -0.3 is 4.52 Å². The first kappa shape index (κ1) is 8.79. The van der Waals surface area contributed by atoms with E-state index in [1.807, 2.05) is 18.2 Å². The van der Waals surface area contributed by atoms with Crippen LogP contribution in [0, 0.1) is 0 Å². The summed E-state index contributed by atoms with van der Waals surface area (Å²) in [5.74, 6) is 0. The van der Waals surface area contributed by atoms with Crippen molar-refractivity contribution in [2.75, 3.05) is 6.07 Å². The summed E-state index contributed by atoms with van der Waals surface area (Å²) in [7, 11) is -2.10. The topological polar surface area (TPSA) is 26.3 Å². The molecule has 1 unspecified atom stereocenters. The van der Waals surface area contributed by atoms with Gasteiger partial charge in [0.2, 0.25) is 8.03 Å². The molecule has 1 atom stereocenters. The third-order valence-electron chi connectivity index (χ3n) is 1.20. The van der Waals surface area contributed by atoms with Gasteiger partial charge in [0.15, 0.2) is 0 Å². The molecule has 0 aliphatic rings. The number of hydrogen-bond donors (Lipinski definition) is 0. The van der Waals surface area contributed by atoms with Crippen LogP contribution in [0.5, 0.6) is 0 Å². The lowest BCUT2D eigenvalue weighted by Gasteiger charge is -1.98. The molecule has 0 saturated heterocycles. The summed E-state index contributed by atoms with van der Waals surface area (Å²) in [6, 6.07) is 8.98. The van der Waals surface area contributed by atoms with Crippen molar-refractivity contribution in [1.29, 1.82) is 0 Å². The Kier molecular flexibility index (Phi) is 3.64. The monoisotopic (exact) mass is 190 g/mol. The highest BCUT2D eigenvalue weighted by molar-refractivity contribution is 7.48. The van der Waals surface area contributed by atoms with Gasteiger partial charge in [-0.3, -0.25) is 4.57 Å². The smallest absolute Gasteiger partial charge is 0.221 e. The third-order valence-corrected chi connectivity index (χ3v) is 2.70. The first-order valence-corrected chi connectivity index (χ1v) is 4.98.